The van der Waals surface area contributed by atoms with Crippen LogP contribution in [0.15, 0.2) is 29.8 Å². The maximum Gasteiger partial charge on any atom is 0.276 e. The molecule has 6 nitrogen and oxygen atoms in total. The van der Waals surface area contributed by atoms with E-state index in [1.54, 1.807) is 0 Å². The van der Waals surface area contributed by atoms with Crippen molar-refractivity contribution in [2.75, 3.05) is 0 Å². The number of carbonyl (C=O) groups is 2. The predicted molar refractivity (Wildman–Crippen MR) is 56.8 cm³/mol. The molecule has 0 aromatic heterocycles. The van der Waals surface area contributed by atoms with Gasteiger partial charge < -0.3 is 9.90 Å². The number of ketones is 1. The van der Waals surface area contributed by atoms with Gasteiger partial charge in [0.25, 0.3) is 5.69 Å². The molecule has 1 aromatic rings. The first-order chi connectivity index (χ1) is 7.93. The molecule has 17 heavy (non-hydrogen) atoms. The van der Waals surface area contributed by atoms with Gasteiger partial charge in [-0.25, -0.2) is 0 Å². The van der Waals surface area contributed by atoms with Crippen LogP contribution in [0.3, 0.4) is 0 Å². The number of nitro groups is 1. The van der Waals surface area contributed by atoms with Crippen molar-refractivity contribution in [3.8, 4) is 0 Å². The van der Waals surface area contributed by atoms with Gasteiger partial charge in [-0.2, -0.15) is 0 Å². The monoisotopic (exact) mass is 234 g/mol. The molecule has 0 atom stereocenters. The SMILES string of the molecule is CC(=O)/C(=C\c1ccccc1[N+](=O)[O-])C(=O)[O-]. The number of carbonyl (C=O) groups excluding carboxylic acids is 2. The van der Waals surface area contributed by atoms with Crippen molar-refractivity contribution in [1.29, 1.82) is 0 Å². The Morgan fingerprint density at radius 1 is 1.29 bits per heavy atom. The van der Waals surface area contributed by atoms with E-state index in [9.17, 15) is 24.8 Å². The van der Waals surface area contributed by atoms with Crippen molar-refractivity contribution in [2.45, 2.75) is 6.92 Å². The fourth-order valence-corrected chi connectivity index (χ4v) is 1.24. The second kappa shape index (κ2) is 5.02. The Bertz CT molecular complexity index is 502. The first-order valence-corrected chi connectivity index (χ1v) is 4.61. The minimum atomic E-state index is -1.66. The van der Waals surface area contributed by atoms with Crippen molar-refractivity contribution >= 4 is 23.5 Å². The number of Topliss-reactive ketones (excluding diaryl/α,β-unsaturated/α-hetero) is 1. The molecule has 1 aromatic carbocycles. The second-order valence-corrected chi connectivity index (χ2v) is 3.22. The number of carboxylic acid groups (broad SMARTS) is 1. The van der Waals surface area contributed by atoms with Crippen LogP contribution in [0.5, 0.6) is 0 Å². The fourth-order valence-electron chi connectivity index (χ4n) is 1.24. The number of nitrogens with zero attached hydrogens (tertiary/aromatic N) is 1. The van der Waals surface area contributed by atoms with Crippen molar-refractivity contribution in [2.24, 2.45) is 0 Å². The van der Waals surface area contributed by atoms with Crippen LogP contribution in [0, 0.1) is 10.1 Å². The van der Waals surface area contributed by atoms with Crippen LogP contribution in [-0.4, -0.2) is 16.7 Å². The summed E-state index contributed by atoms with van der Waals surface area (Å²) in [5.41, 5.74) is -0.821. The molecule has 0 aliphatic carbocycles. The number of hydrogen-bond acceptors (Lipinski definition) is 5. The highest BCUT2D eigenvalue weighted by molar-refractivity contribution is 6.18. The van der Waals surface area contributed by atoms with E-state index < -0.39 is 22.2 Å². The first kappa shape index (κ1) is 12.6. The summed E-state index contributed by atoms with van der Waals surface area (Å²) >= 11 is 0. The molecule has 0 saturated carbocycles. The smallest absolute Gasteiger partial charge is 0.276 e. The predicted octanol–water partition coefficient (Wildman–Crippen LogP) is 0.317. The Balaban J connectivity index is 3.34. The average molecular weight is 234 g/mol. The normalized spacial score (nSPS) is 11.0. The number of nitro benzene ring substituents is 1. The third-order valence-electron chi connectivity index (χ3n) is 2.03. The van der Waals surface area contributed by atoms with Gasteiger partial charge in [-0.3, -0.25) is 14.9 Å². The number of carboxylic acids is 1. The number of aliphatic carboxylic acids is 1. The van der Waals surface area contributed by atoms with E-state index in [4.69, 9.17) is 0 Å². The molecule has 0 N–H and O–H groups in total. The van der Waals surface area contributed by atoms with E-state index in [0.717, 1.165) is 13.0 Å². The van der Waals surface area contributed by atoms with Crippen LogP contribution in [0.2, 0.25) is 0 Å². The van der Waals surface area contributed by atoms with Crippen LogP contribution in [0.4, 0.5) is 5.69 Å². The van der Waals surface area contributed by atoms with Gasteiger partial charge in [0.15, 0.2) is 5.78 Å². The molecule has 0 aliphatic rings. The van der Waals surface area contributed by atoms with Gasteiger partial charge in [-0.1, -0.05) is 12.1 Å². The quantitative estimate of drug-likeness (QED) is 0.245. The first-order valence-electron chi connectivity index (χ1n) is 4.61. The zero-order valence-electron chi connectivity index (χ0n) is 8.88. The lowest BCUT2D eigenvalue weighted by Gasteiger charge is -2.04. The zero-order valence-corrected chi connectivity index (χ0v) is 8.88. The highest BCUT2D eigenvalue weighted by atomic mass is 16.6. The molecule has 0 amide bonds. The molecular weight excluding hydrogens is 226 g/mol. The van der Waals surface area contributed by atoms with Gasteiger partial charge in [0.1, 0.15) is 0 Å². The Labute approximate surface area is 96.3 Å². The summed E-state index contributed by atoms with van der Waals surface area (Å²) in [7, 11) is 0. The average Bonchev–Trinajstić information content (AvgIpc) is 2.25. The molecular formula is C11H8NO5-. The third-order valence-corrected chi connectivity index (χ3v) is 2.03. The lowest BCUT2D eigenvalue weighted by atomic mass is 10.1. The maximum atomic E-state index is 11.0. The van der Waals surface area contributed by atoms with E-state index in [1.165, 1.54) is 24.3 Å². The number of benzene rings is 1. The number of para-hydroxylation sites is 1. The van der Waals surface area contributed by atoms with Crippen molar-refractivity contribution in [1.82, 2.24) is 0 Å². The molecule has 0 fully saturated rings. The van der Waals surface area contributed by atoms with Gasteiger partial charge in [0, 0.05) is 11.6 Å². The van der Waals surface area contributed by atoms with Crippen molar-refractivity contribution in [3.63, 3.8) is 0 Å². The summed E-state index contributed by atoms with van der Waals surface area (Å²) in [6.45, 7) is 1.05. The summed E-state index contributed by atoms with van der Waals surface area (Å²) < 4.78 is 0. The summed E-state index contributed by atoms with van der Waals surface area (Å²) in [5, 5.41) is 21.3. The summed E-state index contributed by atoms with van der Waals surface area (Å²) in [5.74, 6) is -2.38. The van der Waals surface area contributed by atoms with E-state index in [1.807, 2.05) is 0 Å². The van der Waals surface area contributed by atoms with Gasteiger partial charge in [0.05, 0.1) is 16.5 Å². The Morgan fingerprint density at radius 2 is 1.88 bits per heavy atom. The minimum Gasteiger partial charge on any atom is -0.545 e. The highest BCUT2D eigenvalue weighted by Crippen LogP contribution is 2.20. The molecule has 6 heteroatoms. The molecule has 0 unspecified atom stereocenters. The van der Waals surface area contributed by atoms with Gasteiger partial charge in [-0.05, 0) is 19.1 Å². The van der Waals surface area contributed by atoms with Crippen LogP contribution in [0.25, 0.3) is 6.08 Å². The Hall–Kier alpha value is -2.50. The van der Waals surface area contributed by atoms with Crippen LogP contribution in [0.1, 0.15) is 12.5 Å². The van der Waals surface area contributed by atoms with E-state index >= 15 is 0 Å². The van der Waals surface area contributed by atoms with Crippen molar-refractivity contribution in [3.05, 3.63) is 45.5 Å². The highest BCUT2D eigenvalue weighted by Gasteiger charge is 2.13. The van der Waals surface area contributed by atoms with Crippen LogP contribution >= 0.6 is 0 Å². The molecule has 0 saturated heterocycles. The topological polar surface area (TPSA) is 100 Å². The van der Waals surface area contributed by atoms with Crippen LogP contribution < -0.4 is 5.11 Å². The van der Waals surface area contributed by atoms with Gasteiger partial charge in [0.2, 0.25) is 0 Å². The molecule has 88 valence electrons. The molecule has 0 radical (unpaired) electrons. The van der Waals surface area contributed by atoms with E-state index in [0.29, 0.717) is 0 Å². The van der Waals surface area contributed by atoms with Gasteiger partial charge in [-0.15, -0.1) is 0 Å². The van der Waals surface area contributed by atoms with Crippen LogP contribution in [-0.2, 0) is 9.59 Å². The Morgan fingerprint density at radius 3 is 2.35 bits per heavy atom. The zero-order chi connectivity index (χ0) is 13.0. The lowest BCUT2D eigenvalue weighted by molar-refractivity contribution is -0.385. The maximum absolute atomic E-state index is 11.0. The summed E-state index contributed by atoms with van der Waals surface area (Å²) in [6.07, 6.45) is 0.940. The fraction of sp³-hybridized carbons (Fsp3) is 0.0909. The molecule has 0 aliphatic heterocycles. The summed E-state index contributed by atoms with van der Waals surface area (Å²) in [6, 6.07) is 5.52. The molecule has 1 rings (SSSR count). The Kier molecular flexibility index (Phi) is 3.71. The minimum absolute atomic E-state index is 0.0481. The van der Waals surface area contributed by atoms with E-state index in [2.05, 4.69) is 0 Å². The lowest BCUT2D eigenvalue weighted by Crippen LogP contribution is -2.27. The molecule has 0 heterocycles. The number of rotatable bonds is 4. The molecule has 0 bridgehead atoms. The van der Waals surface area contributed by atoms with Crippen molar-refractivity contribution < 1.29 is 19.6 Å². The third kappa shape index (κ3) is 2.97. The standard InChI is InChI=1S/C11H9NO5/c1-7(13)9(11(14)15)6-8-4-2-3-5-10(8)12(16)17/h2-6H,1H3,(H,14,15)/p-1/b9-6+. The summed E-state index contributed by atoms with van der Waals surface area (Å²) in [4.78, 5) is 31.7. The second-order valence-electron chi connectivity index (χ2n) is 3.22. The largest absolute Gasteiger partial charge is 0.545 e. The van der Waals surface area contributed by atoms with E-state index in [-0.39, 0.29) is 11.3 Å². The van der Waals surface area contributed by atoms with Gasteiger partial charge >= 0.3 is 0 Å². The molecule has 0 spiro atoms. The number of hydrogen-bond donors (Lipinski definition) is 0.